The molecule has 0 bridgehead atoms. The molecule has 1 aliphatic rings. The second-order valence-corrected chi connectivity index (χ2v) is 7.63. The lowest BCUT2D eigenvalue weighted by Gasteiger charge is -2.33. The predicted molar refractivity (Wildman–Crippen MR) is 101 cm³/mol. The number of piperidine rings is 1. The average Bonchev–Trinajstić information content (AvgIpc) is 2.52. The fraction of sp³-hybridized carbons (Fsp3) is 0.889. The van der Waals surface area contributed by atoms with E-state index in [0.29, 0.717) is 12.5 Å². The van der Waals surface area contributed by atoms with Crippen LogP contribution in [0.5, 0.6) is 0 Å². The minimum Gasteiger partial charge on any atom is -0.444 e. The van der Waals surface area contributed by atoms with Crippen LogP contribution in [-0.4, -0.2) is 68.5 Å². The van der Waals surface area contributed by atoms with E-state index in [4.69, 9.17) is 14.5 Å². The highest BCUT2D eigenvalue weighted by molar-refractivity contribution is 5.80. The molecule has 0 aliphatic carbocycles. The van der Waals surface area contributed by atoms with Gasteiger partial charge in [-0.1, -0.05) is 0 Å². The molecule has 1 atom stereocenters. The Bertz CT molecular complexity index is 427. The zero-order valence-electron chi connectivity index (χ0n) is 16.7. The number of aliphatic imine (C=N–C) groups is 1. The zero-order chi connectivity index (χ0) is 18.9. The lowest BCUT2D eigenvalue weighted by atomic mass is 9.97. The highest BCUT2D eigenvalue weighted by Gasteiger charge is 2.26. The summed E-state index contributed by atoms with van der Waals surface area (Å²) in [6.07, 6.45) is 1.70. The predicted octanol–water partition coefficient (Wildman–Crippen LogP) is 2.22. The number of likely N-dealkylation sites (tertiary alicyclic amines) is 1. The van der Waals surface area contributed by atoms with Gasteiger partial charge in [-0.15, -0.1) is 0 Å². The van der Waals surface area contributed by atoms with Crippen LogP contribution in [0.3, 0.4) is 0 Å². The van der Waals surface area contributed by atoms with Crippen molar-refractivity contribution in [2.45, 2.75) is 59.1 Å². The first kappa shape index (κ1) is 21.5. The van der Waals surface area contributed by atoms with Gasteiger partial charge in [-0.05, 0) is 53.4 Å². The minimum atomic E-state index is -0.441. The van der Waals surface area contributed by atoms with E-state index < -0.39 is 5.60 Å². The summed E-state index contributed by atoms with van der Waals surface area (Å²) >= 11 is 0. The van der Waals surface area contributed by atoms with Crippen LogP contribution in [0, 0.1) is 5.92 Å². The molecule has 0 saturated carbocycles. The summed E-state index contributed by atoms with van der Waals surface area (Å²) in [7, 11) is 1.70. The lowest BCUT2D eigenvalue weighted by molar-refractivity contribution is 0.0187. The molecule has 2 N–H and O–H groups in total. The van der Waals surface area contributed by atoms with E-state index in [-0.39, 0.29) is 12.1 Å². The van der Waals surface area contributed by atoms with Crippen molar-refractivity contribution in [3.05, 3.63) is 0 Å². The molecular formula is C18H36N4O3. The summed E-state index contributed by atoms with van der Waals surface area (Å²) in [4.78, 5) is 18.6. The van der Waals surface area contributed by atoms with Gasteiger partial charge in [0.1, 0.15) is 5.60 Å². The van der Waals surface area contributed by atoms with Gasteiger partial charge in [-0.25, -0.2) is 4.79 Å². The number of guanidine groups is 1. The van der Waals surface area contributed by atoms with Gasteiger partial charge < -0.3 is 25.0 Å². The smallest absolute Gasteiger partial charge is 0.410 e. The number of nitrogens with one attached hydrogen (secondary N) is 2. The molecule has 0 aromatic rings. The number of rotatable bonds is 6. The molecule has 0 spiro atoms. The molecular weight excluding hydrogens is 320 g/mol. The van der Waals surface area contributed by atoms with Crippen molar-refractivity contribution in [1.82, 2.24) is 15.5 Å². The normalized spacial score (nSPS) is 18.0. The molecule has 7 nitrogen and oxygen atoms in total. The van der Waals surface area contributed by atoms with E-state index in [1.165, 1.54) is 0 Å². The van der Waals surface area contributed by atoms with Crippen LogP contribution < -0.4 is 10.6 Å². The largest absolute Gasteiger partial charge is 0.444 e. The number of ether oxygens (including phenoxy) is 2. The Kier molecular flexibility index (Phi) is 9.03. The maximum Gasteiger partial charge on any atom is 0.410 e. The van der Waals surface area contributed by atoms with Gasteiger partial charge in [-0.3, -0.25) is 4.99 Å². The summed E-state index contributed by atoms with van der Waals surface area (Å²) in [5.74, 6) is 1.31. The lowest BCUT2D eigenvalue weighted by Crippen LogP contribution is -2.45. The Morgan fingerprint density at radius 3 is 2.48 bits per heavy atom. The van der Waals surface area contributed by atoms with Gasteiger partial charge >= 0.3 is 6.09 Å². The number of nitrogens with zero attached hydrogens (tertiary/aromatic N) is 2. The molecule has 1 aliphatic heterocycles. The molecule has 0 radical (unpaired) electrons. The van der Waals surface area contributed by atoms with Gasteiger partial charge in [-0.2, -0.15) is 0 Å². The van der Waals surface area contributed by atoms with Crippen molar-refractivity contribution < 1.29 is 14.3 Å². The van der Waals surface area contributed by atoms with Gasteiger partial charge in [0.25, 0.3) is 0 Å². The SMILES string of the molecule is CCNC(=NCC1CCN(C(=O)OC(C)(C)C)CC1)NC(C)COC. The standard InChI is InChI=1S/C18H36N4O3/c1-7-19-16(21-14(2)13-24-6)20-12-15-8-10-22(11-9-15)17(23)25-18(3,4)5/h14-15H,7-13H2,1-6H3,(H2,19,20,21). The van der Waals surface area contributed by atoms with Crippen molar-refractivity contribution in [2.75, 3.05) is 39.9 Å². The van der Waals surface area contributed by atoms with E-state index >= 15 is 0 Å². The van der Waals surface area contributed by atoms with E-state index in [9.17, 15) is 4.79 Å². The summed E-state index contributed by atoms with van der Waals surface area (Å²) < 4.78 is 10.6. The topological polar surface area (TPSA) is 75.2 Å². The summed E-state index contributed by atoms with van der Waals surface area (Å²) in [5, 5.41) is 6.60. The van der Waals surface area contributed by atoms with Gasteiger partial charge in [0.05, 0.1) is 6.61 Å². The number of amides is 1. The molecule has 1 fully saturated rings. The molecule has 1 heterocycles. The number of methoxy groups -OCH3 is 1. The monoisotopic (exact) mass is 356 g/mol. The molecule has 1 rings (SSSR count). The fourth-order valence-corrected chi connectivity index (χ4v) is 2.69. The maximum absolute atomic E-state index is 12.1. The quantitative estimate of drug-likeness (QED) is 0.564. The maximum atomic E-state index is 12.1. The number of carbonyl (C=O) groups excluding carboxylic acids is 1. The highest BCUT2D eigenvalue weighted by atomic mass is 16.6. The van der Waals surface area contributed by atoms with E-state index in [2.05, 4.69) is 24.5 Å². The molecule has 0 aromatic heterocycles. The Hall–Kier alpha value is -1.50. The summed E-state index contributed by atoms with van der Waals surface area (Å²) in [5.41, 5.74) is -0.441. The molecule has 1 saturated heterocycles. The zero-order valence-corrected chi connectivity index (χ0v) is 16.7. The van der Waals surface area contributed by atoms with Crippen LogP contribution in [0.15, 0.2) is 4.99 Å². The van der Waals surface area contributed by atoms with Crippen LogP contribution in [0.25, 0.3) is 0 Å². The van der Waals surface area contributed by atoms with Crippen LogP contribution in [0.4, 0.5) is 4.79 Å². The van der Waals surface area contributed by atoms with Crippen LogP contribution in [-0.2, 0) is 9.47 Å². The number of hydrogen-bond acceptors (Lipinski definition) is 4. The second kappa shape index (κ2) is 10.5. The third-order valence-corrected chi connectivity index (χ3v) is 3.92. The van der Waals surface area contributed by atoms with E-state index in [1.54, 1.807) is 12.0 Å². The fourth-order valence-electron chi connectivity index (χ4n) is 2.69. The van der Waals surface area contributed by atoms with Crippen LogP contribution in [0.1, 0.15) is 47.5 Å². The van der Waals surface area contributed by atoms with Crippen LogP contribution >= 0.6 is 0 Å². The second-order valence-electron chi connectivity index (χ2n) is 7.63. The summed E-state index contributed by atoms with van der Waals surface area (Å²) in [6, 6.07) is 0.205. The molecule has 25 heavy (non-hydrogen) atoms. The van der Waals surface area contributed by atoms with Gasteiger partial charge in [0.15, 0.2) is 5.96 Å². The number of hydrogen-bond donors (Lipinski definition) is 2. The Morgan fingerprint density at radius 2 is 1.96 bits per heavy atom. The van der Waals surface area contributed by atoms with E-state index in [1.807, 2.05) is 20.8 Å². The van der Waals surface area contributed by atoms with Gasteiger partial charge in [0.2, 0.25) is 0 Å². The molecule has 1 amide bonds. The number of carbonyl (C=O) groups is 1. The minimum absolute atomic E-state index is 0.205. The summed E-state index contributed by atoms with van der Waals surface area (Å²) in [6.45, 7) is 13.5. The van der Waals surface area contributed by atoms with E-state index in [0.717, 1.165) is 45.0 Å². The molecule has 146 valence electrons. The molecule has 7 heteroatoms. The molecule has 1 unspecified atom stereocenters. The van der Waals surface area contributed by atoms with Crippen LogP contribution in [0.2, 0.25) is 0 Å². The Balaban J connectivity index is 2.44. The molecule has 0 aromatic carbocycles. The first-order valence-electron chi connectivity index (χ1n) is 9.26. The van der Waals surface area contributed by atoms with Crippen molar-refractivity contribution in [2.24, 2.45) is 10.9 Å². The first-order valence-corrected chi connectivity index (χ1v) is 9.26. The Morgan fingerprint density at radius 1 is 1.32 bits per heavy atom. The third-order valence-electron chi connectivity index (χ3n) is 3.92. The van der Waals surface area contributed by atoms with Crippen molar-refractivity contribution in [3.63, 3.8) is 0 Å². The van der Waals surface area contributed by atoms with Gasteiger partial charge in [0, 0.05) is 39.3 Å². The first-order chi connectivity index (χ1) is 11.7. The average molecular weight is 357 g/mol. The third kappa shape index (κ3) is 8.95. The Labute approximate surface area is 152 Å². The van der Waals surface area contributed by atoms with Crippen molar-refractivity contribution in [1.29, 1.82) is 0 Å². The van der Waals surface area contributed by atoms with Crippen molar-refractivity contribution >= 4 is 12.1 Å². The highest BCUT2D eigenvalue weighted by Crippen LogP contribution is 2.19. The van der Waals surface area contributed by atoms with Crippen molar-refractivity contribution in [3.8, 4) is 0 Å².